The molecule has 3 N–H and O–H groups in total. The maximum atomic E-state index is 11.6. The summed E-state index contributed by atoms with van der Waals surface area (Å²) in [5.41, 5.74) is 1.57. The first kappa shape index (κ1) is 23.5. The van der Waals surface area contributed by atoms with Gasteiger partial charge in [-0.15, -0.1) is 0 Å². The molecule has 0 amide bonds. The van der Waals surface area contributed by atoms with Gasteiger partial charge < -0.3 is 24.8 Å². The zero-order valence-electron chi connectivity index (χ0n) is 18.5. The van der Waals surface area contributed by atoms with E-state index in [1.807, 2.05) is 35.2 Å². The van der Waals surface area contributed by atoms with Crippen LogP contribution in [0.1, 0.15) is 44.3 Å². The molecule has 0 aliphatic carbocycles. The van der Waals surface area contributed by atoms with Gasteiger partial charge in [0.1, 0.15) is 17.6 Å². The molecular weight excluding hydrogens is 502 g/mol. The Morgan fingerprint density at radius 2 is 1.67 bits per heavy atom. The van der Waals surface area contributed by atoms with E-state index in [0.717, 1.165) is 17.4 Å². The van der Waals surface area contributed by atoms with Crippen molar-refractivity contribution in [3.63, 3.8) is 0 Å². The number of pyridine rings is 1. The fraction of sp³-hybridized carbons (Fsp3) is 0.0769. The van der Waals surface area contributed by atoms with Crippen LogP contribution in [0.5, 0.6) is 0 Å². The van der Waals surface area contributed by atoms with E-state index < -0.39 is 18.0 Å². The normalized spacial score (nSPS) is 17.1. The lowest BCUT2D eigenvalue weighted by molar-refractivity contribution is 0.0696. The Hall–Kier alpha value is -4.21. The van der Waals surface area contributed by atoms with Crippen molar-refractivity contribution in [3.8, 4) is 11.3 Å². The molecule has 0 bridgehead atoms. The van der Waals surface area contributed by atoms with E-state index in [-0.39, 0.29) is 17.2 Å². The number of carboxylic acid groups (broad SMARTS) is 2. The SMILES string of the molecule is O=C(O)c1cc(C(=O)O)cc(-c2ccc([C@H]3[C@@H](c4ccccn4)NC(=S)N3c3ccc(Cl)cc3)o2)c1. The number of carbonyl (C=O) groups is 2. The Morgan fingerprint density at radius 3 is 2.28 bits per heavy atom. The second kappa shape index (κ2) is 9.44. The van der Waals surface area contributed by atoms with Crippen molar-refractivity contribution in [1.29, 1.82) is 0 Å². The summed E-state index contributed by atoms with van der Waals surface area (Å²) in [4.78, 5) is 29.5. The number of aromatic carboxylic acids is 2. The van der Waals surface area contributed by atoms with Gasteiger partial charge in [0.25, 0.3) is 0 Å². The van der Waals surface area contributed by atoms with Gasteiger partial charge in [-0.1, -0.05) is 17.7 Å². The average Bonchev–Trinajstić information content (AvgIpc) is 3.49. The molecule has 1 aliphatic rings. The number of thiocarbonyl (C=S) groups is 1. The third-order valence-electron chi connectivity index (χ3n) is 5.83. The zero-order chi connectivity index (χ0) is 25.4. The number of anilines is 1. The third kappa shape index (κ3) is 4.41. The first-order chi connectivity index (χ1) is 17.3. The first-order valence-corrected chi connectivity index (χ1v) is 11.6. The maximum Gasteiger partial charge on any atom is 0.335 e. The van der Waals surface area contributed by atoms with Crippen LogP contribution in [0.3, 0.4) is 0 Å². The number of furan rings is 1. The molecule has 1 fully saturated rings. The van der Waals surface area contributed by atoms with Crippen molar-refractivity contribution in [2.45, 2.75) is 12.1 Å². The van der Waals surface area contributed by atoms with E-state index in [9.17, 15) is 19.8 Å². The van der Waals surface area contributed by atoms with Crippen molar-refractivity contribution in [2.75, 3.05) is 4.90 Å². The van der Waals surface area contributed by atoms with Crippen molar-refractivity contribution in [2.24, 2.45) is 0 Å². The van der Waals surface area contributed by atoms with Gasteiger partial charge in [-0.3, -0.25) is 4.98 Å². The highest BCUT2D eigenvalue weighted by atomic mass is 35.5. The minimum absolute atomic E-state index is 0.152. The van der Waals surface area contributed by atoms with E-state index in [1.54, 1.807) is 30.5 Å². The smallest absolute Gasteiger partial charge is 0.335 e. The number of hydrogen-bond acceptors (Lipinski definition) is 5. The highest BCUT2D eigenvalue weighted by Gasteiger charge is 2.42. The van der Waals surface area contributed by atoms with Gasteiger partial charge in [-0.25, -0.2) is 9.59 Å². The predicted octanol–water partition coefficient (Wildman–Crippen LogP) is 5.57. The summed E-state index contributed by atoms with van der Waals surface area (Å²) in [7, 11) is 0. The molecule has 3 heterocycles. The number of rotatable bonds is 6. The van der Waals surface area contributed by atoms with Crippen LogP contribution in [-0.2, 0) is 0 Å². The molecule has 0 radical (unpaired) electrons. The molecule has 180 valence electrons. The fourth-order valence-corrected chi connectivity index (χ4v) is 4.68. The van der Waals surface area contributed by atoms with Crippen LogP contribution in [0, 0.1) is 0 Å². The Balaban J connectivity index is 1.61. The molecule has 10 heteroatoms. The summed E-state index contributed by atoms with van der Waals surface area (Å²) < 4.78 is 6.22. The number of benzene rings is 2. The summed E-state index contributed by atoms with van der Waals surface area (Å²) in [6, 6.07) is 19.3. The zero-order valence-corrected chi connectivity index (χ0v) is 20.0. The molecule has 0 spiro atoms. The summed E-state index contributed by atoms with van der Waals surface area (Å²) in [6.45, 7) is 0. The lowest BCUT2D eigenvalue weighted by atomic mass is 10.0. The summed E-state index contributed by atoms with van der Waals surface area (Å²) in [6.07, 6.45) is 1.69. The Labute approximate surface area is 215 Å². The van der Waals surface area contributed by atoms with Gasteiger partial charge in [0.2, 0.25) is 0 Å². The topological polar surface area (TPSA) is 116 Å². The highest BCUT2D eigenvalue weighted by Crippen LogP contribution is 2.43. The third-order valence-corrected chi connectivity index (χ3v) is 6.40. The second-order valence-corrected chi connectivity index (χ2v) is 8.91. The molecule has 0 unspecified atom stereocenters. The van der Waals surface area contributed by atoms with E-state index in [2.05, 4.69) is 10.3 Å². The van der Waals surface area contributed by atoms with Crippen molar-refractivity contribution < 1.29 is 24.2 Å². The summed E-state index contributed by atoms with van der Waals surface area (Å²) >= 11 is 11.8. The van der Waals surface area contributed by atoms with E-state index in [0.29, 0.717) is 27.2 Å². The molecule has 36 heavy (non-hydrogen) atoms. The van der Waals surface area contributed by atoms with Crippen LogP contribution in [-0.4, -0.2) is 32.2 Å². The Kier molecular flexibility index (Phi) is 6.17. The van der Waals surface area contributed by atoms with Crippen molar-refractivity contribution in [1.82, 2.24) is 10.3 Å². The van der Waals surface area contributed by atoms with Crippen LogP contribution in [0.2, 0.25) is 5.02 Å². The van der Waals surface area contributed by atoms with Crippen LogP contribution in [0.4, 0.5) is 5.69 Å². The van der Waals surface area contributed by atoms with Crippen LogP contribution in [0.25, 0.3) is 11.3 Å². The number of hydrogen-bond donors (Lipinski definition) is 3. The van der Waals surface area contributed by atoms with Gasteiger partial charge in [0.05, 0.1) is 22.9 Å². The largest absolute Gasteiger partial charge is 0.478 e. The first-order valence-electron chi connectivity index (χ1n) is 10.8. The van der Waals surface area contributed by atoms with Crippen LogP contribution >= 0.6 is 23.8 Å². The van der Waals surface area contributed by atoms with Gasteiger partial charge >= 0.3 is 11.9 Å². The van der Waals surface area contributed by atoms with Gasteiger partial charge in [-0.05, 0) is 78.9 Å². The Bertz CT molecular complexity index is 1440. The van der Waals surface area contributed by atoms with Crippen molar-refractivity contribution >= 4 is 46.6 Å². The summed E-state index contributed by atoms with van der Waals surface area (Å²) in [5.74, 6) is -1.62. The molecule has 0 saturated carbocycles. The summed E-state index contributed by atoms with van der Waals surface area (Å²) in [5, 5.41) is 23.3. The van der Waals surface area contributed by atoms with Gasteiger partial charge in [0, 0.05) is 22.5 Å². The molecule has 2 aromatic heterocycles. The maximum absolute atomic E-state index is 11.6. The van der Waals surface area contributed by atoms with Gasteiger partial charge in [-0.2, -0.15) is 0 Å². The number of nitrogens with zero attached hydrogens (tertiary/aromatic N) is 2. The number of carboxylic acids is 2. The minimum Gasteiger partial charge on any atom is -0.478 e. The lowest BCUT2D eigenvalue weighted by Gasteiger charge is -2.26. The van der Waals surface area contributed by atoms with E-state index >= 15 is 0 Å². The molecule has 2 atom stereocenters. The minimum atomic E-state index is -1.24. The molecule has 2 aromatic carbocycles. The highest BCUT2D eigenvalue weighted by molar-refractivity contribution is 7.80. The number of aromatic nitrogens is 1. The molecule has 1 aliphatic heterocycles. The molecule has 4 aromatic rings. The quantitative estimate of drug-likeness (QED) is 0.281. The lowest BCUT2D eigenvalue weighted by Crippen LogP contribution is -2.29. The number of nitrogens with one attached hydrogen (secondary N) is 1. The van der Waals surface area contributed by atoms with E-state index in [4.69, 9.17) is 28.2 Å². The van der Waals surface area contributed by atoms with E-state index in [1.165, 1.54) is 12.1 Å². The number of halogens is 1. The van der Waals surface area contributed by atoms with Gasteiger partial charge in [0.15, 0.2) is 5.11 Å². The van der Waals surface area contributed by atoms with Crippen LogP contribution in [0.15, 0.2) is 83.4 Å². The Morgan fingerprint density at radius 1 is 0.972 bits per heavy atom. The predicted molar refractivity (Wildman–Crippen MR) is 137 cm³/mol. The standard InChI is InChI=1S/C26H18ClN3O5S/c27-17-4-6-18(7-5-17)30-23(22(29-26(30)36)19-3-1-2-10-28-19)21-9-8-20(35-21)14-11-15(24(31)32)13-16(12-14)25(33)34/h1-13,22-23H,(H,29,36)(H,31,32)(H,33,34)/t22-,23+/m1/s1. The molecule has 5 rings (SSSR count). The molecule has 8 nitrogen and oxygen atoms in total. The molecule has 1 saturated heterocycles. The monoisotopic (exact) mass is 519 g/mol. The second-order valence-electron chi connectivity index (χ2n) is 8.08. The average molecular weight is 520 g/mol. The van der Waals surface area contributed by atoms with Crippen molar-refractivity contribution in [3.05, 3.63) is 107 Å². The van der Waals surface area contributed by atoms with Crippen LogP contribution < -0.4 is 10.2 Å². The molecular formula is C26H18ClN3O5S. The fourth-order valence-electron chi connectivity index (χ4n) is 4.21.